The molecule has 118 valence electrons. The van der Waals surface area contributed by atoms with Crippen molar-refractivity contribution in [2.45, 2.75) is 0 Å². The predicted octanol–water partition coefficient (Wildman–Crippen LogP) is 4.81. The molecule has 0 saturated heterocycles. The zero-order valence-electron chi connectivity index (χ0n) is 12.1. The second kappa shape index (κ2) is 7.08. The van der Waals surface area contributed by atoms with Gasteiger partial charge >= 0.3 is 0 Å². The van der Waals surface area contributed by atoms with Crippen molar-refractivity contribution >= 4 is 33.2 Å². The Bertz CT molecular complexity index is 845. The van der Waals surface area contributed by atoms with Gasteiger partial charge in [-0.25, -0.2) is 9.37 Å². The molecule has 0 atom stereocenters. The minimum absolute atomic E-state index is 0.142. The second-order valence-corrected chi connectivity index (χ2v) is 6.38. The molecule has 0 bridgehead atoms. The molecule has 0 aliphatic heterocycles. The first-order valence-electron chi connectivity index (χ1n) is 6.97. The molecular formula is C17H14ClFN2OS. The van der Waals surface area contributed by atoms with Crippen molar-refractivity contribution in [3.63, 3.8) is 0 Å². The number of rotatable bonds is 5. The fourth-order valence-electron chi connectivity index (χ4n) is 2.03. The number of aromatic nitrogens is 1. The number of thiazole rings is 1. The van der Waals surface area contributed by atoms with Gasteiger partial charge in [0.25, 0.3) is 0 Å². The van der Waals surface area contributed by atoms with Crippen LogP contribution in [0.4, 0.5) is 4.39 Å². The lowest BCUT2D eigenvalue weighted by Crippen LogP contribution is -2.10. The third-order valence-electron chi connectivity index (χ3n) is 3.29. The van der Waals surface area contributed by atoms with Crippen LogP contribution >= 0.6 is 22.9 Å². The van der Waals surface area contributed by atoms with Crippen LogP contribution in [0.5, 0.6) is 5.75 Å². The van der Waals surface area contributed by atoms with Crippen LogP contribution in [-0.2, 0) is 0 Å². The molecule has 0 aliphatic rings. The molecule has 0 aliphatic carbocycles. The molecule has 1 aromatic heterocycles. The molecule has 0 spiro atoms. The van der Waals surface area contributed by atoms with Crippen molar-refractivity contribution in [3.8, 4) is 16.3 Å². The highest BCUT2D eigenvalue weighted by atomic mass is 35.5. The van der Waals surface area contributed by atoms with Crippen molar-refractivity contribution in [1.82, 2.24) is 4.98 Å². The largest absolute Gasteiger partial charge is 0.489 e. The normalized spacial score (nSPS) is 11.9. The van der Waals surface area contributed by atoms with Crippen LogP contribution in [0, 0.1) is 0 Å². The Morgan fingerprint density at radius 2 is 2.04 bits per heavy atom. The summed E-state index contributed by atoms with van der Waals surface area (Å²) in [6.07, 6.45) is 0.487. The summed E-state index contributed by atoms with van der Waals surface area (Å²) in [7, 11) is 0. The fourth-order valence-corrected chi connectivity index (χ4v) is 3.27. The van der Waals surface area contributed by atoms with Crippen LogP contribution < -0.4 is 10.5 Å². The van der Waals surface area contributed by atoms with E-state index in [-0.39, 0.29) is 13.2 Å². The number of ether oxygens (including phenoxy) is 1. The maximum absolute atomic E-state index is 12.4. The third kappa shape index (κ3) is 3.69. The zero-order valence-corrected chi connectivity index (χ0v) is 13.7. The first-order valence-corrected chi connectivity index (χ1v) is 8.16. The highest BCUT2D eigenvalue weighted by molar-refractivity contribution is 7.21. The summed E-state index contributed by atoms with van der Waals surface area (Å²) >= 11 is 7.59. The average Bonchev–Trinajstić information content (AvgIpc) is 2.99. The third-order valence-corrected chi connectivity index (χ3v) is 4.59. The highest BCUT2D eigenvalue weighted by Gasteiger charge is 2.07. The van der Waals surface area contributed by atoms with Crippen molar-refractivity contribution in [2.24, 2.45) is 5.73 Å². The van der Waals surface area contributed by atoms with E-state index >= 15 is 0 Å². The number of hydrogen-bond acceptors (Lipinski definition) is 4. The van der Waals surface area contributed by atoms with Gasteiger partial charge in [-0.1, -0.05) is 11.6 Å². The molecular weight excluding hydrogens is 335 g/mol. The molecule has 0 radical (unpaired) electrons. The quantitative estimate of drug-likeness (QED) is 0.720. The van der Waals surface area contributed by atoms with Crippen molar-refractivity contribution in [3.05, 3.63) is 59.4 Å². The monoisotopic (exact) mass is 348 g/mol. The van der Waals surface area contributed by atoms with Gasteiger partial charge in [0.15, 0.2) is 0 Å². The first kappa shape index (κ1) is 15.9. The van der Waals surface area contributed by atoms with E-state index in [1.807, 2.05) is 42.5 Å². The van der Waals surface area contributed by atoms with E-state index in [0.29, 0.717) is 22.7 Å². The van der Waals surface area contributed by atoms with Gasteiger partial charge in [-0.3, -0.25) is 0 Å². The smallest absolute Gasteiger partial charge is 0.124 e. The van der Waals surface area contributed by atoms with Crippen LogP contribution in [0.3, 0.4) is 0 Å². The van der Waals surface area contributed by atoms with Crippen molar-refractivity contribution in [2.75, 3.05) is 13.2 Å². The van der Waals surface area contributed by atoms with Gasteiger partial charge in [0.1, 0.15) is 17.4 Å². The molecule has 2 N–H and O–H groups in total. The molecule has 1 heterocycles. The fraction of sp³-hybridized carbons (Fsp3) is 0.118. The van der Waals surface area contributed by atoms with Gasteiger partial charge in [-0.2, -0.15) is 0 Å². The minimum atomic E-state index is 0.142. The lowest BCUT2D eigenvalue weighted by Gasteiger charge is -2.07. The van der Waals surface area contributed by atoms with Crippen LogP contribution in [0.1, 0.15) is 0 Å². The maximum atomic E-state index is 12.4. The number of fused-ring (bicyclic) bond motifs is 1. The van der Waals surface area contributed by atoms with Crippen LogP contribution in [0.15, 0.2) is 54.4 Å². The van der Waals surface area contributed by atoms with E-state index in [4.69, 9.17) is 22.1 Å². The second-order valence-electron chi connectivity index (χ2n) is 4.92. The summed E-state index contributed by atoms with van der Waals surface area (Å²) in [6.45, 7) is 0.287. The first-order chi connectivity index (χ1) is 11.2. The molecule has 3 nitrogen and oxygen atoms in total. The Morgan fingerprint density at radius 3 is 2.74 bits per heavy atom. The standard InChI is InChI=1S/C17H14ClFN2OS/c18-13-3-6-15-16(7-13)23-17(21-15)12-1-4-14(5-2-12)22-10-11(8-19)9-20/h1-8H,9-10,20H2/b11-8+. The maximum Gasteiger partial charge on any atom is 0.124 e. The number of benzene rings is 2. The molecule has 6 heteroatoms. The number of nitrogens with zero attached hydrogens (tertiary/aromatic N) is 1. The topological polar surface area (TPSA) is 48.1 Å². The Labute approximate surface area is 142 Å². The van der Waals surface area contributed by atoms with Gasteiger partial charge in [-0.15, -0.1) is 11.3 Å². The summed E-state index contributed by atoms with van der Waals surface area (Å²) in [4.78, 5) is 4.60. The lowest BCUT2D eigenvalue weighted by atomic mass is 10.2. The molecule has 2 aromatic carbocycles. The number of nitrogens with two attached hydrogens (primary N) is 1. The Kier molecular flexibility index (Phi) is 4.91. The van der Waals surface area contributed by atoms with E-state index in [2.05, 4.69) is 4.98 Å². The molecule has 23 heavy (non-hydrogen) atoms. The van der Waals surface area contributed by atoms with E-state index in [0.717, 1.165) is 20.8 Å². The zero-order chi connectivity index (χ0) is 16.2. The van der Waals surface area contributed by atoms with Crippen LogP contribution in [0.25, 0.3) is 20.8 Å². The van der Waals surface area contributed by atoms with E-state index < -0.39 is 0 Å². The predicted molar refractivity (Wildman–Crippen MR) is 93.8 cm³/mol. The lowest BCUT2D eigenvalue weighted by molar-refractivity contribution is 0.347. The van der Waals surface area contributed by atoms with E-state index in [1.165, 1.54) is 0 Å². The van der Waals surface area contributed by atoms with Crippen LogP contribution in [0.2, 0.25) is 5.02 Å². The van der Waals surface area contributed by atoms with Gasteiger partial charge in [0, 0.05) is 22.7 Å². The van der Waals surface area contributed by atoms with Gasteiger partial charge in [-0.05, 0) is 42.5 Å². The summed E-state index contributed by atoms with van der Waals surface area (Å²) < 4.78 is 19.0. The summed E-state index contributed by atoms with van der Waals surface area (Å²) in [5, 5.41) is 1.62. The van der Waals surface area contributed by atoms with Crippen molar-refractivity contribution in [1.29, 1.82) is 0 Å². The van der Waals surface area contributed by atoms with E-state index in [1.54, 1.807) is 11.3 Å². The molecule has 0 unspecified atom stereocenters. The van der Waals surface area contributed by atoms with Gasteiger partial charge in [0.05, 0.1) is 16.5 Å². The Balaban J connectivity index is 1.78. The molecule has 0 saturated carbocycles. The van der Waals surface area contributed by atoms with Crippen LogP contribution in [-0.4, -0.2) is 18.1 Å². The number of hydrogen-bond donors (Lipinski definition) is 1. The molecule has 0 amide bonds. The highest BCUT2D eigenvalue weighted by Crippen LogP contribution is 2.32. The summed E-state index contributed by atoms with van der Waals surface area (Å²) in [5.41, 5.74) is 7.73. The van der Waals surface area contributed by atoms with Crippen molar-refractivity contribution < 1.29 is 9.13 Å². The summed E-state index contributed by atoms with van der Waals surface area (Å²) in [6, 6.07) is 13.2. The van der Waals surface area contributed by atoms with Gasteiger partial charge < -0.3 is 10.5 Å². The molecule has 3 aromatic rings. The minimum Gasteiger partial charge on any atom is -0.489 e. The average molecular weight is 349 g/mol. The van der Waals surface area contributed by atoms with Gasteiger partial charge in [0.2, 0.25) is 0 Å². The molecule has 0 fully saturated rings. The Hall–Kier alpha value is -1.95. The Morgan fingerprint density at radius 1 is 1.26 bits per heavy atom. The van der Waals surface area contributed by atoms with E-state index in [9.17, 15) is 4.39 Å². The molecule has 3 rings (SSSR count). The summed E-state index contributed by atoms with van der Waals surface area (Å²) in [5.74, 6) is 0.658. The number of halogens is 2. The SMILES string of the molecule is NC/C(=C\F)COc1ccc(-c2nc3ccc(Cl)cc3s2)cc1.